The van der Waals surface area contributed by atoms with E-state index in [0.29, 0.717) is 59.0 Å². The number of ether oxygens (including phenoxy) is 1. The second kappa shape index (κ2) is 10.3. The Balaban J connectivity index is 1.28. The van der Waals surface area contributed by atoms with Crippen LogP contribution in [0.1, 0.15) is 44.6 Å². The summed E-state index contributed by atoms with van der Waals surface area (Å²) in [6, 6.07) is 6.64. The molecule has 0 radical (unpaired) electrons. The molecule has 2 bridgehead atoms. The fourth-order valence-corrected chi connectivity index (χ4v) is 8.07. The Labute approximate surface area is 252 Å². The molecule has 4 aliphatic rings. The van der Waals surface area contributed by atoms with E-state index in [1.807, 2.05) is 6.92 Å². The van der Waals surface area contributed by atoms with E-state index in [0.717, 1.165) is 45.3 Å². The highest BCUT2D eigenvalue weighted by molar-refractivity contribution is 5.95. The minimum absolute atomic E-state index is 0.0674. The molecule has 0 saturated carbocycles. The summed E-state index contributed by atoms with van der Waals surface area (Å²) in [6.45, 7) is 4.78. The number of alkyl halides is 1. The largest absolute Gasteiger partial charge is 0.508 e. The molecule has 4 fully saturated rings. The van der Waals surface area contributed by atoms with Gasteiger partial charge in [0.15, 0.2) is 0 Å². The third-order valence-corrected chi connectivity index (χ3v) is 10.1. The number of nitrogens with one attached hydrogen (secondary N) is 1. The van der Waals surface area contributed by atoms with Crippen LogP contribution in [0.4, 0.5) is 14.6 Å². The van der Waals surface area contributed by atoms with E-state index >= 15 is 0 Å². The second-order valence-corrected chi connectivity index (χ2v) is 12.8. The number of aromatic hydroxyl groups is 1. The zero-order valence-electron chi connectivity index (χ0n) is 24.6. The zero-order valence-corrected chi connectivity index (χ0v) is 24.6. The number of rotatable bonds is 6. The van der Waals surface area contributed by atoms with Gasteiger partial charge in [-0.25, -0.2) is 8.78 Å². The molecular weight excluding hydrogens is 568 g/mol. The number of aryl methyl sites for hydroxylation is 1. The highest BCUT2D eigenvalue weighted by Crippen LogP contribution is 2.40. The average molecular weight is 604 g/mol. The van der Waals surface area contributed by atoms with Crippen LogP contribution >= 0.6 is 0 Å². The first kappa shape index (κ1) is 27.6. The summed E-state index contributed by atoms with van der Waals surface area (Å²) in [7, 11) is 0. The molecule has 2 N–H and O–H groups in total. The number of phenols is 1. The lowest BCUT2D eigenvalue weighted by Crippen LogP contribution is -2.51. The Bertz CT molecular complexity index is 1840. The summed E-state index contributed by atoms with van der Waals surface area (Å²) in [5.74, 6) is 0.121. The minimum Gasteiger partial charge on any atom is -0.508 e. The van der Waals surface area contributed by atoms with Crippen molar-refractivity contribution >= 4 is 27.5 Å². The van der Waals surface area contributed by atoms with Crippen molar-refractivity contribution in [2.45, 2.75) is 69.2 Å². The Kier molecular flexibility index (Phi) is 6.49. The van der Waals surface area contributed by atoms with E-state index in [9.17, 15) is 18.7 Å². The Morgan fingerprint density at radius 2 is 1.98 bits per heavy atom. The molecule has 4 aliphatic heterocycles. The van der Waals surface area contributed by atoms with E-state index in [1.54, 1.807) is 18.3 Å². The number of phenolic OH excluding ortho intramolecular Hbond substituents is 1. The van der Waals surface area contributed by atoms with Crippen molar-refractivity contribution < 1.29 is 18.6 Å². The van der Waals surface area contributed by atoms with Crippen LogP contribution in [-0.4, -0.2) is 86.3 Å². The first-order chi connectivity index (χ1) is 21.3. The molecule has 12 heteroatoms. The summed E-state index contributed by atoms with van der Waals surface area (Å²) in [6.07, 6.45) is 5.44. The van der Waals surface area contributed by atoms with Gasteiger partial charge in [0.1, 0.15) is 35.7 Å². The maximum atomic E-state index is 14.9. The van der Waals surface area contributed by atoms with Gasteiger partial charge in [-0.3, -0.25) is 9.69 Å². The van der Waals surface area contributed by atoms with E-state index in [4.69, 9.17) is 9.72 Å². The van der Waals surface area contributed by atoms with Crippen molar-refractivity contribution in [3.8, 4) is 17.4 Å². The number of hydrogen-bond acceptors (Lipinski definition) is 9. The summed E-state index contributed by atoms with van der Waals surface area (Å²) in [5.41, 5.74) is -0.110. The van der Waals surface area contributed by atoms with E-state index in [-0.39, 0.29) is 29.6 Å². The fraction of sp³-hybridized carbons (Fsp3) is 0.500. The standard InChI is InChI=1S/C32H35F2N7O3/c1-2-23-25(34)7-4-18-10-22(42)11-26(27(18)23)41-30(43)28-24(13-35-41)29(39-15-20-5-6-21(16-39)36-20)38-31(37-28)44-17-32-8-3-9-40(32)14-19(33)12-32/h4,7,10-11,13,19-21,36,42H,2-3,5-6,8-9,12,14-17H2,1H3/t19-,20-,21+,32+/m1/s1. The maximum Gasteiger partial charge on any atom is 0.319 e. The lowest BCUT2D eigenvalue weighted by molar-refractivity contribution is 0.107. The molecule has 8 rings (SSSR count). The summed E-state index contributed by atoms with van der Waals surface area (Å²) in [4.78, 5) is 28.1. The van der Waals surface area contributed by atoms with Gasteiger partial charge in [-0.2, -0.15) is 19.7 Å². The molecule has 44 heavy (non-hydrogen) atoms. The quantitative estimate of drug-likeness (QED) is 0.342. The summed E-state index contributed by atoms with van der Waals surface area (Å²) < 4.78 is 36.8. The average Bonchev–Trinajstić information content (AvgIpc) is 3.66. The molecule has 4 aromatic rings. The van der Waals surface area contributed by atoms with Crippen molar-refractivity contribution in [3.63, 3.8) is 0 Å². The van der Waals surface area contributed by atoms with Gasteiger partial charge in [0.25, 0.3) is 5.56 Å². The topological polar surface area (TPSA) is 109 Å². The highest BCUT2D eigenvalue weighted by atomic mass is 19.1. The third kappa shape index (κ3) is 4.41. The number of hydrogen-bond donors (Lipinski definition) is 2. The molecule has 4 atom stereocenters. The molecule has 2 aromatic carbocycles. The van der Waals surface area contributed by atoms with Crippen molar-refractivity contribution in [1.82, 2.24) is 30.0 Å². The number of nitrogens with zero attached hydrogens (tertiary/aromatic N) is 6. The van der Waals surface area contributed by atoms with Gasteiger partial charge in [-0.15, -0.1) is 0 Å². The first-order valence-electron chi connectivity index (χ1n) is 15.6. The van der Waals surface area contributed by atoms with E-state index in [1.165, 1.54) is 16.8 Å². The van der Waals surface area contributed by atoms with Crippen LogP contribution < -0.4 is 20.5 Å². The van der Waals surface area contributed by atoms with Gasteiger partial charge in [0, 0.05) is 49.6 Å². The Morgan fingerprint density at radius 3 is 2.77 bits per heavy atom. The van der Waals surface area contributed by atoms with Crippen molar-refractivity contribution in [2.24, 2.45) is 0 Å². The smallest absolute Gasteiger partial charge is 0.319 e. The number of halogens is 2. The number of fused-ring (bicyclic) bond motifs is 5. The number of aromatic nitrogens is 4. The Morgan fingerprint density at radius 1 is 1.16 bits per heavy atom. The molecule has 0 unspecified atom stereocenters. The summed E-state index contributed by atoms with van der Waals surface area (Å²) in [5, 5.41) is 20.3. The van der Waals surface area contributed by atoms with Crippen LogP contribution in [0.2, 0.25) is 0 Å². The number of piperazine rings is 1. The van der Waals surface area contributed by atoms with Gasteiger partial charge in [-0.05, 0) is 61.7 Å². The van der Waals surface area contributed by atoms with Gasteiger partial charge < -0.3 is 20.1 Å². The van der Waals surface area contributed by atoms with Crippen LogP contribution in [0.15, 0.2) is 35.3 Å². The number of benzene rings is 2. The minimum atomic E-state index is -0.892. The van der Waals surface area contributed by atoms with Crippen LogP contribution in [0.3, 0.4) is 0 Å². The van der Waals surface area contributed by atoms with Crippen molar-refractivity contribution in [3.05, 3.63) is 52.2 Å². The monoisotopic (exact) mass is 603 g/mol. The number of anilines is 1. The zero-order chi connectivity index (χ0) is 30.2. The molecule has 10 nitrogen and oxygen atoms in total. The fourth-order valence-electron chi connectivity index (χ4n) is 8.07. The van der Waals surface area contributed by atoms with Gasteiger partial charge in [0.05, 0.1) is 22.8 Å². The predicted octanol–water partition coefficient (Wildman–Crippen LogP) is 3.63. The lowest BCUT2D eigenvalue weighted by Gasteiger charge is -2.34. The molecular formula is C32H35F2N7O3. The lowest BCUT2D eigenvalue weighted by atomic mass is 9.95. The van der Waals surface area contributed by atoms with Crippen LogP contribution in [0.5, 0.6) is 11.8 Å². The third-order valence-electron chi connectivity index (χ3n) is 10.1. The molecule has 0 amide bonds. The predicted molar refractivity (Wildman–Crippen MR) is 162 cm³/mol. The Hall–Kier alpha value is -3.90. The second-order valence-electron chi connectivity index (χ2n) is 12.8. The van der Waals surface area contributed by atoms with Crippen molar-refractivity contribution in [2.75, 3.05) is 37.7 Å². The summed E-state index contributed by atoms with van der Waals surface area (Å²) >= 11 is 0. The van der Waals surface area contributed by atoms with Gasteiger partial charge in [-0.1, -0.05) is 13.0 Å². The maximum absolute atomic E-state index is 14.9. The molecule has 230 valence electrons. The van der Waals surface area contributed by atoms with Gasteiger partial charge in [0.2, 0.25) is 0 Å². The molecule has 0 spiro atoms. The van der Waals surface area contributed by atoms with E-state index < -0.39 is 23.1 Å². The molecule has 6 heterocycles. The van der Waals surface area contributed by atoms with Crippen molar-refractivity contribution in [1.29, 1.82) is 0 Å². The van der Waals surface area contributed by atoms with Gasteiger partial charge >= 0.3 is 6.01 Å². The SMILES string of the molecule is CCc1c(F)ccc2cc(O)cc(-n3ncc4c(N5C[C@H]6CC[C@@H](C5)N6)nc(OC[C@@]56CCCN5C[C@H](F)C6)nc4c3=O)c12. The van der Waals surface area contributed by atoms with Crippen LogP contribution in [0, 0.1) is 5.82 Å². The molecule has 2 aromatic heterocycles. The van der Waals surface area contributed by atoms with Crippen LogP contribution in [-0.2, 0) is 6.42 Å². The highest BCUT2D eigenvalue weighted by Gasteiger charge is 2.49. The molecule has 4 saturated heterocycles. The van der Waals surface area contributed by atoms with E-state index in [2.05, 4.69) is 25.2 Å². The van der Waals surface area contributed by atoms with Crippen LogP contribution in [0.25, 0.3) is 27.4 Å². The molecule has 0 aliphatic carbocycles. The first-order valence-corrected chi connectivity index (χ1v) is 15.6. The normalized spacial score (nSPS) is 26.6.